The first-order valence-corrected chi connectivity index (χ1v) is 8.74. The highest BCUT2D eigenvalue weighted by Crippen LogP contribution is 2.35. The van der Waals surface area contributed by atoms with Crippen molar-refractivity contribution in [2.75, 3.05) is 11.9 Å². The summed E-state index contributed by atoms with van der Waals surface area (Å²) in [4.78, 5) is 18.6. The van der Waals surface area contributed by atoms with Gasteiger partial charge in [0, 0.05) is 31.3 Å². The van der Waals surface area contributed by atoms with Gasteiger partial charge in [-0.2, -0.15) is 0 Å². The van der Waals surface area contributed by atoms with Crippen LogP contribution in [0.1, 0.15) is 69.9 Å². The highest BCUT2D eigenvalue weighted by molar-refractivity contribution is 5.74. The lowest BCUT2D eigenvalue weighted by molar-refractivity contribution is -0.132. The minimum Gasteiger partial charge on any atom is -0.367 e. The molecule has 2 aliphatic rings. The van der Waals surface area contributed by atoms with Crippen molar-refractivity contribution in [1.82, 2.24) is 9.88 Å². The topological polar surface area (TPSA) is 45.2 Å². The van der Waals surface area contributed by atoms with Gasteiger partial charge in [-0.15, -0.1) is 0 Å². The van der Waals surface area contributed by atoms with E-state index in [-0.39, 0.29) is 11.9 Å². The van der Waals surface area contributed by atoms with Gasteiger partial charge in [0.2, 0.25) is 5.91 Å². The second kappa shape index (κ2) is 7.12. The third-order valence-corrected chi connectivity index (χ3v) is 5.05. The fraction of sp³-hybridized carbons (Fsp3) is 0.667. The Morgan fingerprint density at radius 1 is 1.18 bits per heavy atom. The van der Waals surface area contributed by atoms with E-state index >= 15 is 0 Å². The minimum absolute atomic E-state index is 0.178. The van der Waals surface area contributed by atoms with Crippen LogP contribution in [0.15, 0.2) is 18.3 Å². The molecule has 1 aromatic heterocycles. The molecule has 1 aromatic rings. The van der Waals surface area contributed by atoms with Gasteiger partial charge in [-0.3, -0.25) is 4.79 Å². The van der Waals surface area contributed by atoms with Crippen LogP contribution >= 0.6 is 0 Å². The van der Waals surface area contributed by atoms with Crippen LogP contribution in [-0.4, -0.2) is 28.4 Å². The Bertz CT molecular complexity index is 511. The molecule has 1 saturated heterocycles. The van der Waals surface area contributed by atoms with Crippen LogP contribution in [0.5, 0.6) is 0 Å². The van der Waals surface area contributed by atoms with Crippen molar-refractivity contribution in [2.24, 2.45) is 0 Å². The molecule has 0 bridgehead atoms. The van der Waals surface area contributed by atoms with Crippen molar-refractivity contribution in [3.05, 3.63) is 23.9 Å². The van der Waals surface area contributed by atoms with Gasteiger partial charge in [0.25, 0.3) is 0 Å². The normalized spacial score (nSPS) is 23.3. The van der Waals surface area contributed by atoms with Crippen LogP contribution in [0.25, 0.3) is 0 Å². The number of piperidine rings is 1. The second-order valence-electron chi connectivity index (χ2n) is 6.64. The molecule has 22 heavy (non-hydrogen) atoms. The van der Waals surface area contributed by atoms with E-state index in [1.807, 2.05) is 17.2 Å². The number of hydrogen-bond donors (Lipinski definition) is 1. The fourth-order valence-electron chi connectivity index (χ4n) is 3.88. The largest absolute Gasteiger partial charge is 0.367 e. The molecule has 1 aliphatic heterocycles. The van der Waals surface area contributed by atoms with E-state index in [9.17, 15) is 4.79 Å². The number of carbonyl (C=O) groups excluding carboxylic acids is 1. The zero-order chi connectivity index (χ0) is 15.4. The molecule has 0 aromatic carbocycles. The van der Waals surface area contributed by atoms with Gasteiger partial charge in [-0.05, 0) is 38.2 Å². The Balaban J connectivity index is 1.81. The molecule has 1 amide bonds. The van der Waals surface area contributed by atoms with Crippen LogP contribution in [0, 0.1) is 0 Å². The molecule has 0 spiro atoms. The molecule has 2 heterocycles. The first-order chi connectivity index (χ1) is 10.8. The molecule has 1 unspecified atom stereocenters. The molecule has 120 valence electrons. The maximum absolute atomic E-state index is 12.0. The number of hydrogen-bond acceptors (Lipinski definition) is 3. The smallest absolute Gasteiger partial charge is 0.219 e. The van der Waals surface area contributed by atoms with Gasteiger partial charge in [-0.1, -0.05) is 25.3 Å². The molecule has 3 rings (SSSR count). The van der Waals surface area contributed by atoms with Gasteiger partial charge in [0.1, 0.15) is 5.82 Å². The first kappa shape index (κ1) is 15.3. The molecule has 0 radical (unpaired) electrons. The van der Waals surface area contributed by atoms with E-state index in [1.54, 1.807) is 6.92 Å². The van der Waals surface area contributed by atoms with Crippen LogP contribution in [0.2, 0.25) is 0 Å². The number of anilines is 1. The quantitative estimate of drug-likeness (QED) is 0.921. The Labute approximate surface area is 133 Å². The summed E-state index contributed by atoms with van der Waals surface area (Å²) in [5.41, 5.74) is 1.20. The van der Waals surface area contributed by atoms with Crippen molar-refractivity contribution in [1.29, 1.82) is 0 Å². The lowest BCUT2D eigenvalue weighted by Gasteiger charge is -2.36. The van der Waals surface area contributed by atoms with Crippen molar-refractivity contribution in [3.63, 3.8) is 0 Å². The molecule has 4 nitrogen and oxygen atoms in total. The summed E-state index contributed by atoms with van der Waals surface area (Å²) in [5.74, 6) is 1.17. The molecular weight excluding hydrogens is 274 g/mol. The van der Waals surface area contributed by atoms with E-state index in [0.717, 1.165) is 25.2 Å². The van der Waals surface area contributed by atoms with E-state index < -0.39 is 0 Å². The predicted molar refractivity (Wildman–Crippen MR) is 88.7 cm³/mol. The average Bonchev–Trinajstić information content (AvgIpc) is 2.56. The summed E-state index contributed by atoms with van der Waals surface area (Å²) < 4.78 is 0. The Morgan fingerprint density at radius 3 is 2.73 bits per heavy atom. The van der Waals surface area contributed by atoms with E-state index in [4.69, 9.17) is 0 Å². The third-order valence-electron chi connectivity index (χ3n) is 5.05. The SMILES string of the molecule is CC(=O)N1CCCCC1c1cccnc1NC1CCCCC1. The monoisotopic (exact) mass is 301 g/mol. The van der Waals surface area contributed by atoms with Crippen molar-refractivity contribution >= 4 is 11.7 Å². The summed E-state index contributed by atoms with van der Waals surface area (Å²) >= 11 is 0. The van der Waals surface area contributed by atoms with Crippen LogP contribution < -0.4 is 5.32 Å². The molecular formula is C18H27N3O. The van der Waals surface area contributed by atoms with Crippen molar-refractivity contribution in [3.8, 4) is 0 Å². The molecule has 1 aliphatic carbocycles. The summed E-state index contributed by atoms with van der Waals surface area (Å²) in [6, 6.07) is 4.86. The molecule has 4 heteroatoms. The summed E-state index contributed by atoms with van der Waals surface area (Å²) in [6.45, 7) is 2.56. The highest BCUT2D eigenvalue weighted by Gasteiger charge is 2.28. The second-order valence-corrected chi connectivity index (χ2v) is 6.64. The number of carbonyl (C=O) groups is 1. The van der Waals surface area contributed by atoms with Crippen molar-refractivity contribution in [2.45, 2.75) is 70.4 Å². The van der Waals surface area contributed by atoms with Crippen LogP contribution in [-0.2, 0) is 4.79 Å². The molecule has 1 atom stereocenters. The van der Waals surface area contributed by atoms with E-state index in [1.165, 1.54) is 44.1 Å². The lowest BCUT2D eigenvalue weighted by Crippen LogP contribution is -2.37. The number of rotatable bonds is 3. The third kappa shape index (κ3) is 3.42. The van der Waals surface area contributed by atoms with Gasteiger partial charge in [-0.25, -0.2) is 4.98 Å². The maximum atomic E-state index is 12.0. The number of amides is 1. The van der Waals surface area contributed by atoms with Gasteiger partial charge in [0.15, 0.2) is 0 Å². The van der Waals surface area contributed by atoms with Crippen molar-refractivity contribution < 1.29 is 4.79 Å². The van der Waals surface area contributed by atoms with Gasteiger partial charge >= 0.3 is 0 Å². The van der Waals surface area contributed by atoms with E-state index in [0.29, 0.717) is 6.04 Å². The zero-order valence-corrected chi connectivity index (χ0v) is 13.6. The molecule has 1 N–H and O–H groups in total. The Hall–Kier alpha value is -1.58. The van der Waals surface area contributed by atoms with Crippen LogP contribution in [0.4, 0.5) is 5.82 Å². The number of pyridine rings is 1. The van der Waals surface area contributed by atoms with E-state index in [2.05, 4.69) is 16.4 Å². The van der Waals surface area contributed by atoms with Crippen LogP contribution in [0.3, 0.4) is 0 Å². The zero-order valence-electron chi connectivity index (χ0n) is 13.6. The number of likely N-dealkylation sites (tertiary alicyclic amines) is 1. The highest BCUT2D eigenvalue weighted by atomic mass is 16.2. The number of nitrogens with zero attached hydrogens (tertiary/aromatic N) is 2. The van der Waals surface area contributed by atoms with Gasteiger partial charge < -0.3 is 10.2 Å². The summed E-state index contributed by atoms with van der Waals surface area (Å²) in [6.07, 6.45) is 11.6. The fourth-order valence-corrected chi connectivity index (χ4v) is 3.88. The number of aromatic nitrogens is 1. The maximum Gasteiger partial charge on any atom is 0.219 e. The molecule has 2 fully saturated rings. The Kier molecular flexibility index (Phi) is 4.96. The minimum atomic E-state index is 0.178. The standard InChI is InChI=1S/C18H27N3O/c1-14(22)21-13-6-5-11-17(21)16-10-7-12-19-18(16)20-15-8-3-2-4-9-15/h7,10,12,15,17H,2-6,8-9,11,13H2,1H3,(H,19,20). The average molecular weight is 301 g/mol. The lowest BCUT2D eigenvalue weighted by atomic mass is 9.93. The molecule has 1 saturated carbocycles. The van der Waals surface area contributed by atoms with Gasteiger partial charge in [0.05, 0.1) is 6.04 Å². The first-order valence-electron chi connectivity index (χ1n) is 8.74. The predicted octanol–water partition coefficient (Wildman–Crippen LogP) is 3.90. The Morgan fingerprint density at radius 2 is 1.95 bits per heavy atom. The number of nitrogens with one attached hydrogen (secondary N) is 1. The summed E-state index contributed by atoms with van der Waals surface area (Å²) in [7, 11) is 0. The summed E-state index contributed by atoms with van der Waals surface area (Å²) in [5, 5.41) is 3.66.